The second-order valence-electron chi connectivity index (χ2n) is 6.27. The highest BCUT2D eigenvalue weighted by molar-refractivity contribution is 6.04. The Bertz CT molecular complexity index is 986. The number of nitro benzene ring substituents is 1. The lowest BCUT2D eigenvalue weighted by molar-refractivity contribution is -0.384. The van der Waals surface area contributed by atoms with Crippen LogP contribution in [0.4, 0.5) is 17.1 Å². The van der Waals surface area contributed by atoms with Crippen LogP contribution in [0.1, 0.15) is 22.8 Å². The molecule has 148 valence electrons. The summed E-state index contributed by atoms with van der Waals surface area (Å²) in [5, 5.41) is 16.9. The van der Waals surface area contributed by atoms with Crippen molar-refractivity contribution in [2.45, 2.75) is 13.5 Å². The monoisotopic (exact) mass is 391 g/mol. The molecule has 0 aliphatic carbocycles. The lowest BCUT2D eigenvalue weighted by Crippen LogP contribution is -2.11. The molecule has 3 aromatic carbocycles. The van der Waals surface area contributed by atoms with Gasteiger partial charge in [0.1, 0.15) is 5.75 Å². The van der Waals surface area contributed by atoms with Crippen molar-refractivity contribution in [3.05, 3.63) is 94.0 Å². The Labute approximate surface area is 168 Å². The topological polar surface area (TPSA) is 93.5 Å². The molecular formula is C22H21N3O4. The van der Waals surface area contributed by atoms with Gasteiger partial charge >= 0.3 is 0 Å². The standard InChI is InChI=1S/C22H21N3O4/c1-2-29-21-12-10-19(11-13-21)24-22(26)17-6-8-18(9-7-17)23-15-16-4-3-5-20(14-16)25(27)28/h3-14,23H,2,15H2,1H3,(H,24,26). The first kappa shape index (κ1) is 19.9. The molecule has 0 saturated heterocycles. The predicted octanol–water partition coefficient (Wildman–Crippen LogP) is 4.86. The smallest absolute Gasteiger partial charge is 0.269 e. The number of non-ortho nitro benzene ring substituents is 1. The summed E-state index contributed by atoms with van der Waals surface area (Å²) in [7, 11) is 0. The molecule has 1 amide bonds. The van der Waals surface area contributed by atoms with E-state index in [4.69, 9.17) is 4.74 Å². The summed E-state index contributed by atoms with van der Waals surface area (Å²) in [5.41, 5.74) is 2.89. The van der Waals surface area contributed by atoms with Crippen molar-refractivity contribution < 1.29 is 14.5 Å². The molecule has 0 aliphatic rings. The molecule has 0 spiro atoms. The number of nitrogens with zero attached hydrogens (tertiary/aromatic N) is 1. The number of nitro groups is 1. The van der Waals surface area contributed by atoms with Crippen LogP contribution in [0.5, 0.6) is 5.75 Å². The lowest BCUT2D eigenvalue weighted by atomic mass is 10.1. The van der Waals surface area contributed by atoms with E-state index in [0.29, 0.717) is 24.4 Å². The summed E-state index contributed by atoms with van der Waals surface area (Å²) in [6.45, 7) is 2.95. The van der Waals surface area contributed by atoms with E-state index in [-0.39, 0.29) is 11.6 Å². The molecule has 0 radical (unpaired) electrons. The second-order valence-corrected chi connectivity index (χ2v) is 6.27. The largest absolute Gasteiger partial charge is 0.494 e. The van der Waals surface area contributed by atoms with Crippen LogP contribution < -0.4 is 15.4 Å². The molecular weight excluding hydrogens is 370 g/mol. The molecule has 7 heteroatoms. The number of carbonyl (C=O) groups is 1. The maximum absolute atomic E-state index is 12.4. The van der Waals surface area contributed by atoms with E-state index in [1.807, 2.05) is 13.0 Å². The van der Waals surface area contributed by atoms with Gasteiger partial charge in [-0.2, -0.15) is 0 Å². The first-order valence-electron chi connectivity index (χ1n) is 9.16. The number of hydrogen-bond donors (Lipinski definition) is 2. The fourth-order valence-corrected chi connectivity index (χ4v) is 2.73. The first-order chi connectivity index (χ1) is 14.0. The molecule has 7 nitrogen and oxygen atoms in total. The second kappa shape index (κ2) is 9.36. The van der Waals surface area contributed by atoms with Gasteiger partial charge in [-0.3, -0.25) is 14.9 Å². The van der Waals surface area contributed by atoms with Gasteiger partial charge in [0, 0.05) is 35.6 Å². The van der Waals surface area contributed by atoms with E-state index >= 15 is 0 Å². The normalized spacial score (nSPS) is 10.2. The zero-order valence-corrected chi connectivity index (χ0v) is 15.9. The van der Waals surface area contributed by atoms with Crippen LogP contribution in [0.15, 0.2) is 72.8 Å². The number of rotatable bonds is 8. The third kappa shape index (κ3) is 5.55. The summed E-state index contributed by atoms with van der Waals surface area (Å²) in [4.78, 5) is 22.8. The van der Waals surface area contributed by atoms with Crippen LogP contribution >= 0.6 is 0 Å². The molecule has 3 rings (SSSR count). The molecule has 29 heavy (non-hydrogen) atoms. The van der Waals surface area contributed by atoms with Gasteiger partial charge < -0.3 is 15.4 Å². The van der Waals surface area contributed by atoms with E-state index in [9.17, 15) is 14.9 Å². The summed E-state index contributed by atoms with van der Waals surface area (Å²) in [6, 6.07) is 20.7. The minimum atomic E-state index is -0.415. The van der Waals surface area contributed by atoms with E-state index in [2.05, 4.69) is 10.6 Å². The summed E-state index contributed by atoms with van der Waals surface area (Å²) in [5.74, 6) is 0.545. The molecule has 0 fully saturated rings. The predicted molar refractivity (Wildman–Crippen MR) is 112 cm³/mol. The van der Waals surface area contributed by atoms with Crippen LogP contribution in [0.3, 0.4) is 0 Å². The van der Waals surface area contributed by atoms with Crippen molar-refractivity contribution in [2.24, 2.45) is 0 Å². The third-order valence-electron chi connectivity index (χ3n) is 4.19. The quantitative estimate of drug-likeness (QED) is 0.423. The van der Waals surface area contributed by atoms with Gasteiger partial charge in [-0.1, -0.05) is 12.1 Å². The van der Waals surface area contributed by atoms with Crippen molar-refractivity contribution in [3.8, 4) is 5.75 Å². The number of anilines is 2. The first-order valence-corrected chi connectivity index (χ1v) is 9.16. The van der Waals surface area contributed by atoms with E-state index in [1.165, 1.54) is 12.1 Å². The molecule has 3 aromatic rings. The zero-order valence-electron chi connectivity index (χ0n) is 15.9. The Balaban J connectivity index is 1.57. The van der Waals surface area contributed by atoms with Gasteiger partial charge in [0.05, 0.1) is 11.5 Å². The number of carbonyl (C=O) groups excluding carboxylic acids is 1. The van der Waals surface area contributed by atoms with Crippen LogP contribution in [0.2, 0.25) is 0 Å². The van der Waals surface area contributed by atoms with Crippen molar-refractivity contribution in [1.82, 2.24) is 0 Å². The summed E-state index contributed by atoms with van der Waals surface area (Å²) in [6.07, 6.45) is 0. The SMILES string of the molecule is CCOc1ccc(NC(=O)c2ccc(NCc3cccc([N+](=O)[O-])c3)cc2)cc1. The molecule has 0 heterocycles. The fraction of sp³-hybridized carbons (Fsp3) is 0.136. The van der Waals surface area contributed by atoms with Crippen LogP contribution in [0, 0.1) is 10.1 Å². The molecule has 0 bridgehead atoms. The maximum atomic E-state index is 12.4. The molecule has 0 unspecified atom stereocenters. The van der Waals surface area contributed by atoms with Gasteiger partial charge in [0.2, 0.25) is 0 Å². The van der Waals surface area contributed by atoms with Crippen LogP contribution in [-0.4, -0.2) is 17.4 Å². The van der Waals surface area contributed by atoms with Gasteiger partial charge in [0.15, 0.2) is 0 Å². The number of amides is 1. The Morgan fingerprint density at radius 3 is 2.34 bits per heavy atom. The minimum Gasteiger partial charge on any atom is -0.494 e. The fourth-order valence-electron chi connectivity index (χ4n) is 2.73. The van der Waals surface area contributed by atoms with Gasteiger partial charge in [-0.15, -0.1) is 0 Å². The molecule has 0 aliphatic heterocycles. The number of benzene rings is 3. The van der Waals surface area contributed by atoms with E-state index in [0.717, 1.165) is 17.0 Å². The number of nitrogens with one attached hydrogen (secondary N) is 2. The molecule has 0 atom stereocenters. The summed E-state index contributed by atoms with van der Waals surface area (Å²) >= 11 is 0. The number of hydrogen-bond acceptors (Lipinski definition) is 5. The highest BCUT2D eigenvalue weighted by Gasteiger charge is 2.08. The van der Waals surface area contributed by atoms with Crippen LogP contribution in [-0.2, 0) is 6.54 Å². The van der Waals surface area contributed by atoms with Crippen molar-refractivity contribution in [3.63, 3.8) is 0 Å². The highest BCUT2D eigenvalue weighted by atomic mass is 16.6. The Morgan fingerprint density at radius 2 is 1.69 bits per heavy atom. The molecule has 0 aromatic heterocycles. The van der Waals surface area contributed by atoms with E-state index in [1.54, 1.807) is 54.6 Å². The summed E-state index contributed by atoms with van der Waals surface area (Å²) < 4.78 is 5.38. The lowest BCUT2D eigenvalue weighted by Gasteiger charge is -2.09. The average Bonchev–Trinajstić information content (AvgIpc) is 2.74. The minimum absolute atomic E-state index is 0.0607. The van der Waals surface area contributed by atoms with Crippen molar-refractivity contribution >= 4 is 23.0 Å². The molecule has 2 N–H and O–H groups in total. The third-order valence-corrected chi connectivity index (χ3v) is 4.19. The van der Waals surface area contributed by atoms with E-state index < -0.39 is 4.92 Å². The van der Waals surface area contributed by atoms with Gasteiger partial charge in [0.25, 0.3) is 11.6 Å². The average molecular weight is 391 g/mol. The van der Waals surface area contributed by atoms with Crippen molar-refractivity contribution in [1.29, 1.82) is 0 Å². The van der Waals surface area contributed by atoms with Crippen molar-refractivity contribution in [2.75, 3.05) is 17.2 Å². The molecule has 0 saturated carbocycles. The number of ether oxygens (including phenoxy) is 1. The zero-order chi connectivity index (χ0) is 20.6. The maximum Gasteiger partial charge on any atom is 0.269 e. The van der Waals surface area contributed by atoms with Gasteiger partial charge in [-0.25, -0.2) is 0 Å². The Morgan fingerprint density at radius 1 is 1.00 bits per heavy atom. The Kier molecular flexibility index (Phi) is 6.42. The highest BCUT2D eigenvalue weighted by Crippen LogP contribution is 2.18. The Hall–Kier alpha value is -3.87. The van der Waals surface area contributed by atoms with Gasteiger partial charge in [-0.05, 0) is 61.0 Å². The van der Waals surface area contributed by atoms with Crippen LogP contribution in [0.25, 0.3) is 0 Å².